The van der Waals surface area contributed by atoms with E-state index in [9.17, 15) is 13.6 Å². The summed E-state index contributed by atoms with van der Waals surface area (Å²) in [6.45, 7) is 0. The van der Waals surface area contributed by atoms with Crippen LogP contribution >= 0.6 is 11.6 Å². The van der Waals surface area contributed by atoms with E-state index >= 15 is 0 Å². The number of Topliss-reactive ketones (excluding diaryl/α,β-unsaturated/α-hetero) is 1. The summed E-state index contributed by atoms with van der Waals surface area (Å²) in [5.41, 5.74) is 0.673. The van der Waals surface area contributed by atoms with E-state index in [1.165, 1.54) is 6.07 Å². The molecular weight excluding hydrogens is 258 g/mol. The van der Waals surface area contributed by atoms with Crippen LogP contribution in [0.25, 0.3) is 0 Å². The molecule has 0 spiro atoms. The number of ketones is 1. The average Bonchev–Trinajstić information content (AvgIpc) is 2.41. The highest BCUT2D eigenvalue weighted by Gasteiger charge is 2.20. The van der Waals surface area contributed by atoms with Crippen molar-refractivity contribution in [2.45, 2.75) is 5.38 Å². The van der Waals surface area contributed by atoms with Gasteiger partial charge in [-0.3, -0.25) is 4.79 Å². The number of alkyl halides is 1. The van der Waals surface area contributed by atoms with Gasteiger partial charge >= 0.3 is 0 Å². The Bertz CT molecular complexity index is 569. The van der Waals surface area contributed by atoms with Crippen molar-refractivity contribution in [3.63, 3.8) is 0 Å². The normalized spacial score (nSPS) is 12.2. The van der Waals surface area contributed by atoms with Crippen LogP contribution in [0.5, 0.6) is 0 Å². The number of benzene rings is 2. The smallest absolute Gasteiger partial charge is 0.185 e. The van der Waals surface area contributed by atoms with Gasteiger partial charge in [0, 0.05) is 5.56 Å². The van der Waals surface area contributed by atoms with Gasteiger partial charge in [0.2, 0.25) is 0 Å². The molecule has 92 valence electrons. The van der Waals surface area contributed by atoms with E-state index in [0.29, 0.717) is 5.56 Å². The molecule has 0 bridgehead atoms. The maximum absolute atomic E-state index is 13.0. The van der Waals surface area contributed by atoms with E-state index in [-0.39, 0.29) is 5.56 Å². The Hall–Kier alpha value is -1.74. The average molecular weight is 267 g/mol. The molecule has 0 saturated heterocycles. The zero-order valence-electron chi connectivity index (χ0n) is 9.24. The van der Waals surface area contributed by atoms with Crippen molar-refractivity contribution in [1.29, 1.82) is 0 Å². The first-order valence-electron chi connectivity index (χ1n) is 5.28. The predicted octanol–water partition coefficient (Wildman–Crippen LogP) is 4.13. The number of carbonyl (C=O) groups excluding carboxylic acids is 1. The number of carbonyl (C=O) groups is 1. The first-order valence-corrected chi connectivity index (χ1v) is 5.71. The number of halogens is 3. The standard InChI is InChI=1S/C14H9ClF2O/c15-13(9-4-2-1-3-5-9)14(18)10-6-7-11(16)12(17)8-10/h1-8,13H. The molecule has 0 N–H and O–H groups in total. The molecule has 2 rings (SSSR count). The van der Waals surface area contributed by atoms with Crippen LogP contribution in [0.4, 0.5) is 8.78 Å². The van der Waals surface area contributed by atoms with Gasteiger partial charge in [-0.05, 0) is 23.8 Å². The molecule has 2 aromatic rings. The van der Waals surface area contributed by atoms with E-state index in [4.69, 9.17) is 11.6 Å². The summed E-state index contributed by atoms with van der Waals surface area (Å²) in [6, 6.07) is 11.7. The van der Waals surface area contributed by atoms with Crippen molar-refractivity contribution >= 4 is 17.4 Å². The quantitative estimate of drug-likeness (QED) is 0.603. The van der Waals surface area contributed by atoms with Crippen LogP contribution in [0.1, 0.15) is 21.3 Å². The second-order valence-electron chi connectivity index (χ2n) is 3.77. The largest absolute Gasteiger partial charge is 0.292 e. The van der Waals surface area contributed by atoms with Crippen molar-refractivity contribution in [3.8, 4) is 0 Å². The van der Waals surface area contributed by atoms with Crippen molar-refractivity contribution in [2.24, 2.45) is 0 Å². The van der Waals surface area contributed by atoms with Crippen molar-refractivity contribution in [2.75, 3.05) is 0 Å². The Labute approximate surface area is 108 Å². The minimum absolute atomic E-state index is 0.0535. The Morgan fingerprint density at radius 2 is 1.67 bits per heavy atom. The topological polar surface area (TPSA) is 17.1 Å². The molecule has 0 amide bonds. The lowest BCUT2D eigenvalue weighted by Gasteiger charge is -2.09. The minimum atomic E-state index is -1.06. The predicted molar refractivity (Wildman–Crippen MR) is 65.7 cm³/mol. The first kappa shape index (κ1) is 12.7. The molecule has 0 aromatic heterocycles. The van der Waals surface area contributed by atoms with Gasteiger partial charge in [-0.15, -0.1) is 11.6 Å². The number of hydrogen-bond acceptors (Lipinski definition) is 1. The van der Waals surface area contributed by atoms with Crippen LogP contribution in [-0.2, 0) is 0 Å². The lowest BCUT2D eigenvalue weighted by atomic mass is 10.0. The molecule has 0 aliphatic heterocycles. The Kier molecular flexibility index (Phi) is 3.72. The summed E-state index contributed by atoms with van der Waals surface area (Å²) in [7, 11) is 0. The SMILES string of the molecule is O=C(c1ccc(F)c(F)c1)C(Cl)c1ccccc1. The van der Waals surface area contributed by atoms with Crippen molar-refractivity contribution in [3.05, 3.63) is 71.3 Å². The molecule has 0 aliphatic carbocycles. The molecule has 0 heterocycles. The van der Waals surface area contributed by atoms with Gasteiger partial charge in [0.1, 0.15) is 5.38 Å². The first-order chi connectivity index (χ1) is 8.59. The van der Waals surface area contributed by atoms with E-state index < -0.39 is 22.8 Å². The van der Waals surface area contributed by atoms with Crippen LogP contribution in [0.15, 0.2) is 48.5 Å². The second kappa shape index (κ2) is 5.27. The van der Waals surface area contributed by atoms with Crippen molar-refractivity contribution < 1.29 is 13.6 Å². The maximum atomic E-state index is 13.0. The molecule has 1 nitrogen and oxygen atoms in total. The Balaban J connectivity index is 2.29. The molecule has 0 saturated carbocycles. The highest BCUT2D eigenvalue weighted by molar-refractivity contribution is 6.33. The van der Waals surface area contributed by atoms with E-state index in [1.54, 1.807) is 30.3 Å². The van der Waals surface area contributed by atoms with E-state index in [1.807, 2.05) is 0 Å². The summed E-state index contributed by atoms with van der Waals surface area (Å²) in [6.07, 6.45) is 0. The molecule has 0 radical (unpaired) electrons. The third-order valence-electron chi connectivity index (χ3n) is 2.53. The van der Waals surface area contributed by atoms with Gasteiger partial charge < -0.3 is 0 Å². The molecule has 0 fully saturated rings. The molecule has 1 atom stereocenters. The van der Waals surface area contributed by atoms with Crippen LogP contribution in [0, 0.1) is 11.6 Å². The van der Waals surface area contributed by atoms with E-state index in [2.05, 4.69) is 0 Å². The third-order valence-corrected chi connectivity index (χ3v) is 2.98. The molecule has 4 heteroatoms. The molecular formula is C14H9ClF2O. The summed E-state index contributed by atoms with van der Waals surface area (Å²) >= 11 is 6.02. The number of hydrogen-bond donors (Lipinski definition) is 0. The fraction of sp³-hybridized carbons (Fsp3) is 0.0714. The highest BCUT2D eigenvalue weighted by Crippen LogP contribution is 2.25. The summed E-state index contributed by atoms with van der Waals surface area (Å²) < 4.78 is 25.8. The fourth-order valence-electron chi connectivity index (χ4n) is 1.57. The maximum Gasteiger partial charge on any atom is 0.185 e. The fourth-order valence-corrected chi connectivity index (χ4v) is 1.84. The van der Waals surface area contributed by atoms with Gasteiger partial charge in [0.25, 0.3) is 0 Å². The highest BCUT2D eigenvalue weighted by atomic mass is 35.5. The molecule has 18 heavy (non-hydrogen) atoms. The van der Waals surface area contributed by atoms with Crippen LogP contribution in [0.2, 0.25) is 0 Å². The van der Waals surface area contributed by atoms with Crippen LogP contribution < -0.4 is 0 Å². The number of rotatable bonds is 3. The zero-order chi connectivity index (χ0) is 13.1. The minimum Gasteiger partial charge on any atom is -0.292 e. The van der Waals surface area contributed by atoms with Crippen LogP contribution in [-0.4, -0.2) is 5.78 Å². The van der Waals surface area contributed by atoms with E-state index in [0.717, 1.165) is 12.1 Å². The summed E-state index contributed by atoms with van der Waals surface area (Å²) in [4.78, 5) is 12.0. The monoisotopic (exact) mass is 266 g/mol. The second-order valence-corrected chi connectivity index (χ2v) is 4.20. The third kappa shape index (κ3) is 2.57. The van der Waals surface area contributed by atoms with Crippen LogP contribution in [0.3, 0.4) is 0 Å². The van der Waals surface area contributed by atoms with Gasteiger partial charge in [-0.25, -0.2) is 8.78 Å². The Morgan fingerprint density at radius 1 is 1.00 bits per heavy atom. The lowest BCUT2D eigenvalue weighted by molar-refractivity contribution is 0.0986. The molecule has 2 aromatic carbocycles. The van der Waals surface area contributed by atoms with Gasteiger partial charge in [-0.1, -0.05) is 30.3 Å². The van der Waals surface area contributed by atoms with Crippen molar-refractivity contribution in [1.82, 2.24) is 0 Å². The van der Waals surface area contributed by atoms with Gasteiger partial charge in [0.05, 0.1) is 0 Å². The van der Waals surface area contributed by atoms with Gasteiger partial charge in [0.15, 0.2) is 17.4 Å². The zero-order valence-corrected chi connectivity index (χ0v) is 9.99. The Morgan fingerprint density at radius 3 is 2.28 bits per heavy atom. The summed E-state index contributed by atoms with van der Waals surface area (Å²) in [5.74, 6) is -2.50. The molecule has 0 aliphatic rings. The van der Waals surface area contributed by atoms with Gasteiger partial charge in [-0.2, -0.15) is 0 Å². The summed E-state index contributed by atoms with van der Waals surface area (Å²) in [5, 5.41) is -0.906. The lowest BCUT2D eigenvalue weighted by Crippen LogP contribution is -2.08. The molecule has 1 unspecified atom stereocenters.